The van der Waals surface area contributed by atoms with Gasteiger partial charge in [-0.3, -0.25) is 0 Å². The van der Waals surface area contributed by atoms with Gasteiger partial charge in [0.1, 0.15) is 5.75 Å². The van der Waals surface area contributed by atoms with E-state index in [1.54, 1.807) is 7.11 Å². The van der Waals surface area contributed by atoms with Crippen LogP contribution in [0.15, 0.2) is 24.3 Å². The van der Waals surface area contributed by atoms with Crippen molar-refractivity contribution in [3.05, 3.63) is 34.7 Å². The second-order valence-corrected chi connectivity index (χ2v) is 5.39. The molecule has 1 aromatic carbocycles. The molecule has 0 aliphatic carbocycles. The average molecular weight is 262 g/mol. The van der Waals surface area contributed by atoms with Crippen LogP contribution < -0.4 is 10.5 Å². The molecule has 1 aromatic heterocycles. The van der Waals surface area contributed by atoms with Crippen molar-refractivity contribution in [1.82, 2.24) is 4.37 Å². The Bertz CT molecular complexity index is 534. The molecule has 4 heteroatoms. The lowest BCUT2D eigenvalue weighted by molar-refractivity contribution is 0.416. The summed E-state index contributed by atoms with van der Waals surface area (Å²) < 4.78 is 9.86. The lowest BCUT2D eigenvalue weighted by atomic mass is 9.99. The van der Waals surface area contributed by atoms with Crippen molar-refractivity contribution >= 4 is 11.5 Å². The van der Waals surface area contributed by atoms with Gasteiger partial charge < -0.3 is 10.5 Å². The fourth-order valence-electron chi connectivity index (χ4n) is 1.82. The van der Waals surface area contributed by atoms with Crippen LogP contribution in [-0.4, -0.2) is 11.5 Å². The lowest BCUT2D eigenvalue weighted by Gasteiger charge is -2.11. The summed E-state index contributed by atoms with van der Waals surface area (Å²) in [5.41, 5.74) is 8.90. The first-order valence-corrected chi connectivity index (χ1v) is 6.77. The van der Waals surface area contributed by atoms with Crippen molar-refractivity contribution in [1.29, 1.82) is 0 Å². The van der Waals surface area contributed by atoms with E-state index in [0.29, 0.717) is 12.5 Å². The van der Waals surface area contributed by atoms with Crippen molar-refractivity contribution in [3.8, 4) is 17.0 Å². The number of ether oxygens (including phenoxy) is 1. The third-order valence-corrected chi connectivity index (χ3v) is 3.73. The molecular formula is C14H18N2OS. The van der Waals surface area contributed by atoms with E-state index in [4.69, 9.17) is 10.5 Å². The van der Waals surface area contributed by atoms with Crippen LogP contribution in [0.5, 0.6) is 5.75 Å². The van der Waals surface area contributed by atoms with Gasteiger partial charge in [-0.05, 0) is 41.2 Å². The van der Waals surface area contributed by atoms with Gasteiger partial charge in [0.05, 0.1) is 12.8 Å². The highest BCUT2D eigenvalue weighted by Gasteiger charge is 2.12. The molecule has 0 fully saturated rings. The van der Waals surface area contributed by atoms with Crippen LogP contribution in [0, 0.1) is 0 Å². The fourth-order valence-corrected chi connectivity index (χ4v) is 2.43. The van der Waals surface area contributed by atoms with Gasteiger partial charge >= 0.3 is 0 Å². The van der Waals surface area contributed by atoms with E-state index in [0.717, 1.165) is 21.9 Å². The second kappa shape index (κ2) is 5.50. The molecule has 1 heterocycles. The van der Waals surface area contributed by atoms with Gasteiger partial charge in [0.25, 0.3) is 0 Å². The van der Waals surface area contributed by atoms with E-state index in [-0.39, 0.29) is 0 Å². The van der Waals surface area contributed by atoms with E-state index in [1.165, 1.54) is 17.1 Å². The number of hydrogen-bond donors (Lipinski definition) is 1. The van der Waals surface area contributed by atoms with Gasteiger partial charge in [-0.1, -0.05) is 19.9 Å². The van der Waals surface area contributed by atoms with E-state index in [2.05, 4.69) is 30.4 Å². The summed E-state index contributed by atoms with van der Waals surface area (Å²) in [5, 5.41) is 0. The third-order valence-electron chi connectivity index (χ3n) is 2.93. The van der Waals surface area contributed by atoms with Crippen molar-refractivity contribution in [2.24, 2.45) is 5.73 Å². The smallest absolute Gasteiger partial charge is 0.128 e. The maximum Gasteiger partial charge on any atom is 0.128 e. The molecule has 2 rings (SSSR count). The van der Waals surface area contributed by atoms with Gasteiger partial charge in [-0.2, -0.15) is 4.37 Å². The summed E-state index contributed by atoms with van der Waals surface area (Å²) in [7, 11) is 1.68. The van der Waals surface area contributed by atoms with Crippen molar-refractivity contribution in [3.63, 3.8) is 0 Å². The molecule has 0 unspecified atom stereocenters. The summed E-state index contributed by atoms with van der Waals surface area (Å²) in [6.45, 7) is 4.89. The number of rotatable bonds is 4. The molecule has 3 nitrogen and oxygen atoms in total. The predicted molar refractivity (Wildman–Crippen MR) is 76.1 cm³/mol. The topological polar surface area (TPSA) is 48.1 Å². The molecule has 0 spiro atoms. The molecule has 0 atom stereocenters. The number of nitrogens with two attached hydrogens (primary N) is 1. The summed E-state index contributed by atoms with van der Waals surface area (Å²) >= 11 is 1.45. The largest absolute Gasteiger partial charge is 0.496 e. The Morgan fingerprint density at radius 3 is 2.67 bits per heavy atom. The zero-order valence-corrected chi connectivity index (χ0v) is 11.8. The zero-order chi connectivity index (χ0) is 13.1. The number of hydrogen-bond acceptors (Lipinski definition) is 4. The molecule has 2 N–H and O–H groups in total. The van der Waals surface area contributed by atoms with Crippen LogP contribution in [-0.2, 0) is 6.54 Å². The Balaban J connectivity index is 2.49. The van der Waals surface area contributed by atoms with Gasteiger partial charge in [0.15, 0.2) is 0 Å². The molecule has 0 aliphatic rings. The van der Waals surface area contributed by atoms with Crippen molar-refractivity contribution in [2.75, 3.05) is 7.11 Å². The Kier molecular flexibility index (Phi) is 3.99. The van der Waals surface area contributed by atoms with E-state index < -0.39 is 0 Å². The molecule has 0 saturated carbocycles. The van der Waals surface area contributed by atoms with Crippen LogP contribution in [0.2, 0.25) is 0 Å². The first-order valence-electron chi connectivity index (χ1n) is 5.99. The van der Waals surface area contributed by atoms with E-state index in [1.807, 2.05) is 12.1 Å². The lowest BCUT2D eigenvalue weighted by Crippen LogP contribution is -1.93. The fraction of sp³-hybridized carbons (Fsp3) is 0.357. The molecule has 2 aromatic rings. The van der Waals surface area contributed by atoms with Crippen molar-refractivity contribution in [2.45, 2.75) is 26.3 Å². The maximum atomic E-state index is 5.63. The number of methoxy groups -OCH3 is 1. The molecule has 0 radical (unpaired) electrons. The number of benzene rings is 1. The normalized spacial score (nSPS) is 10.9. The highest BCUT2D eigenvalue weighted by molar-refractivity contribution is 7.06. The van der Waals surface area contributed by atoms with Gasteiger partial charge in [0.2, 0.25) is 0 Å². The van der Waals surface area contributed by atoms with Crippen LogP contribution >= 0.6 is 11.5 Å². The van der Waals surface area contributed by atoms with Crippen LogP contribution in [0.1, 0.15) is 30.2 Å². The van der Waals surface area contributed by atoms with Gasteiger partial charge in [-0.15, -0.1) is 0 Å². The second-order valence-electron chi connectivity index (χ2n) is 4.50. The summed E-state index contributed by atoms with van der Waals surface area (Å²) in [6, 6.07) is 8.29. The minimum Gasteiger partial charge on any atom is -0.496 e. The standard InChI is InChI=1S/C14H18N2OS/c1-9(2)10-4-5-14(17-3)12(6-10)13-7-11(8-15)18-16-13/h4-7,9H,8,15H2,1-3H3. The molecule has 0 amide bonds. The molecule has 96 valence electrons. The first kappa shape index (κ1) is 13.1. The Morgan fingerprint density at radius 1 is 1.33 bits per heavy atom. The summed E-state index contributed by atoms with van der Waals surface area (Å²) in [6.07, 6.45) is 0. The number of aromatic nitrogens is 1. The molecule has 0 saturated heterocycles. The molecule has 18 heavy (non-hydrogen) atoms. The quantitative estimate of drug-likeness (QED) is 0.918. The monoisotopic (exact) mass is 262 g/mol. The van der Waals surface area contributed by atoms with Crippen molar-refractivity contribution < 1.29 is 4.74 Å². The average Bonchev–Trinajstić information content (AvgIpc) is 2.86. The Morgan fingerprint density at radius 2 is 2.11 bits per heavy atom. The van der Waals surface area contributed by atoms with Crippen LogP contribution in [0.3, 0.4) is 0 Å². The SMILES string of the molecule is COc1ccc(C(C)C)cc1-c1cc(CN)sn1. The van der Waals surface area contributed by atoms with Crippen LogP contribution in [0.4, 0.5) is 0 Å². The van der Waals surface area contributed by atoms with E-state index in [9.17, 15) is 0 Å². The Hall–Kier alpha value is -1.39. The van der Waals surface area contributed by atoms with Gasteiger partial charge in [0, 0.05) is 17.0 Å². The molecular weight excluding hydrogens is 244 g/mol. The van der Waals surface area contributed by atoms with E-state index >= 15 is 0 Å². The zero-order valence-electron chi connectivity index (χ0n) is 10.9. The minimum absolute atomic E-state index is 0.488. The van der Waals surface area contributed by atoms with Gasteiger partial charge in [-0.25, -0.2) is 0 Å². The first-order chi connectivity index (χ1) is 8.65. The highest BCUT2D eigenvalue weighted by atomic mass is 32.1. The third kappa shape index (κ3) is 2.54. The summed E-state index contributed by atoms with van der Waals surface area (Å²) in [5.74, 6) is 1.34. The highest BCUT2D eigenvalue weighted by Crippen LogP contribution is 2.33. The molecule has 0 bridgehead atoms. The van der Waals surface area contributed by atoms with Crippen LogP contribution in [0.25, 0.3) is 11.3 Å². The predicted octanol–water partition coefficient (Wildman–Crippen LogP) is 3.40. The minimum atomic E-state index is 0.488. The molecule has 0 aliphatic heterocycles. The Labute approximate surface area is 112 Å². The maximum absolute atomic E-state index is 5.63. The number of nitrogens with zero attached hydrogens (tertiary/aromatic N) is 1. The summed E-state index contributed by atoms with van der Waals surface area (Å²) in [4.78, 5) is 1.09.